The molecular formula is C14H20BrFO3. The van der Waals surface area contributed by atoms with Crippen molar-refractivity contribution in [1.29, 1.82) is 0 Å². The van der Waals surface area contributed by atoms with Crippen LogP contribution in [0.5, 0.6) is 0 Å². The Hall–Kier alpha value is -0.680. The molecule has 0 radical (unpaired) electrons. The quantitative estimate of drug-likeness (QED) is 0.476. The molecule has 1 atom stereocenters. The van der Waals surface area contributed by atoms with Gasteiger partial charge < -0.3 is 9.47 Å². The Kier molecular flexibility index (Phi) is 7.98. The van der Waals surface area contributed by atoms with Gasteiger partial charge in [0.15, 0.2) is 6.29 Å². The van der Waals surface area contributed by atoms with Crippen LogP contribution in [-0.2, 0) is 14.3 Å². The van der Waals surface area contributed by atoms with E-state index in [2.05, 4.69) is 22.9 Å². The van der Waals surface area contributed by atoms with Gasteiger partial charge in [-0.05, 0) is 28.8 Å². The molecule has 1 aliphatic rings. The molecule has 1 rings (SSSR count). The van der Waals surface area contributed by atoms with Crippen LogP contribution in [0, 0.1) is 0 Å². The molecule has 0 fully saturated rings. The lowest BCUT2D eigenvalue weighted by atomic mass is 10.1. The molecule has 0 aromatic heterocycles. The zero-order valence-corrected chi connectivity index (χ0v) is 12.7. The average Bonchev–Trinajstić information content (AvgIpc) is 2.44. The molecule has 0 N–H and O–H groups in total. The van der Waals surface area contributed by atoms with E-state index < -0.39 is 12.8 Å². The fourth-order valence-electron chi connectivity index (χ4n) is 1.68. The maximum atomic E-state index is 12.8. The summed E-state index contributed by atoms with van der Waals surface area (Å²) in [7, 11) is 0. The van der Waals surface area contributed by atoms with Crippen molar-refractivity contribution >= 4 is 22.2 Å². The van der Waals surface area contributed by atoms with Crippen LogP contribution in [0.15, 0.2) is 21.9 Å². The Morgan fingerprint density at radius 1 is 1.58 bits per heavy atom. The Balaban J connectivity index is 2.45. The van der Waals surface area contributed by atoms with Crippen molar-refractivity contribution in [2.24, 2.45) is 0 Å². The summed E-state index contributed by atoms with van der Waals surface area (Å²) >= 11 is 3.34. The SMILES string of the molecule is CCCCO[C@H](CF)COC1=C(Br)C(C=O)=CCC1. The highest BCUT2D eigenvalue weighted by atomic mass is 79.9. The summed E-state index contributed by atoms with van der Waals surface area (Å²) in [6.07, 6.45) is 5.52. The molecule has 5 heteroatoms. The van der Waals surface area contributed by atoms with E-state index in [0.29, 0.717) is 28.8 Å². The van der Waals surface area contributed by atoms with Gasteiger partial charge in [0.1, 0.15) is 25.1 Å². The molecule has 0 amide bonds. The first kappa shape index (κ1) is 16.4. The lowest BCUT2D eigenvalue weighted by molar-refractivity contribution is -0.104. The van der Waals surface area contributed by atoms with E-state index in [1.165, 1.54) is 0 Å². The number of aldehydes is 1. The molecule has 3 nitrogen and oxygen atoms in total. The monoisotopic (exact) mass is 334 g/mol. The summed E-state index contributed by atoms with van der Waals surface area (Å²) < 4.78 is 24.4. The highest BCUT2D eigenvalue weighted by molar-refractivity contribution is 9.12. The Bertz CT molecular complexity index is 353. The van der Waals surface area contributed by atoms with Gasteiger partial charge in [-0.1, -0.05) is 19.4 Å². The number of rotatable bonds is 9. The summed E-state index contributed by atoms with van der Waals surface area (Å²) in [6.45, 7) is 2.22. The third-order valence-corrected chi connectivity index (χ3v) is 3.73. The third-order valence-electron chi connectivity index (χ3n) is 2.83. The second kappa shape index (κ2) is 9.26. The second-order valence-electron chi connectivity index (χ2n) is 4.36. The minimum absolute atomic E-state index is 0.177. The number of unbranched alkanes of at least 4 members (excludes halogenated alkanes) is 1. The van der Waals surface area contributed by atoms with Crippen molar-refractivity contribution in [1.82, 2.24) is 0 Å². The van der Waals surface area contributed by atoms with Crippen LogP contribution in [0.1, 0.15) is 32.6 Å². The van der Waals surface area contributed by atoms with Gasteiger partial charge in [0, 0.05) is 18.6 Å². The van der Waals surface area contributed by atoms with Crippen LogP contribution in [0.25, 0.3) is 0 Å². The summed E-state index contributed by atoms with van der Waals surface area (Å²) in [5.74, 6) is 0.696. The van der Waals surface area contributed by atoms with E-state index >= 15 is 0 Å². The predicted molar refractivity (Wildman–Crippen MR) is 75.9 cm³/mol. The van der Waals surface area contributed by atoms with E-state index in [1.807, 2.05) is 6.08 Å². The third kappa shape index (κ3) is 5.45. The summed E-state index contributed by atoms with van der Waals surface area (Å²) in [5, 5.41) is 0. The highest BCUT2D eigenvalue weighted by Gasteiger charge is 2.17. The summed E-state index contributed by atoms with van der Waals surface area (Å²) in [4.78, 5) is 10.8. The molecule has 0 heterocycles. The molecule has 0 saturated heterocycles. The molecule has 0 bridgehead atoms. The van der Waals surface area contributed by atoms with Crippen LogP contribution >= 0.6 is 15.9 Å². The van der Waals surface area contributed by atoms with Crippen molar-refractivity contribution in [3.05, 3.63) is 21.9 Å². The van der Waals surface area contributed by atoms with Crippen molar-refractivity contribution in [2.45, 2.75) is 38.7 Å². The number of halogens is 2. The first-order chi connectivity index (χ1) is 9.22. The molecule has 0 aromatic rings. The number of ether oxygens (including phenoxy) is 2. The number of hydrogen-bond acceptors (Lipinski definition) is 3. The molecular weight excluding hydrogens is 315 g/mol. The number of allylic oxidation sites excluding steroid dienone is 4. The van der Waals surface area contributed by atoms with Crippen molar-refractivity contribution in [3.63, 3.8) is 0 Å². The second-order valence-corrected chi connectivity index (χ2v) is 5.16. The molecule has 0 aromatic carbocycles. The molecule has 19 heavy (non-hydrogen) atoms. The number of hydrogen-bond donors (Lipinski definition) is 0. The van der Waals surface area contributed by atoms with Crippen molar-refractivity contribution in [3.8, 4) is 0 Å². The van der Waals surface area contributed by atoms with Gasteiger partial charge in [0.05, 0.1) is 4.48 Å². The van der Waals surface area contributed by atoms with Crippen molar-refractivity contribution < 1.29 is 18.7 Å². The van der Waals surface area contributed by atoms with Gasteiger partial charge in [-0.3, -0.25) is 4.79 Å². The first-order valence-electron chi connectivity index (χ1n) is 6.57. The summed E-state index contributed by atoms with van der Waals surface area (Å²) in [5.41, 5.74) is 0.588. The fourth-order valence-corrected chi connectivity index (χ4v) is 2.25. The molecule has 0 unspecified atom stereocenters. The topological polar surface area (TPSA) is 35.5 Å². The Morgan fingerprint density at radius 2 is 2.37 bits per heavy atom. The zero-order valence-electron chi connectivity index (χ0n) is 11.2. The number of alkyl halides is 1. The van der Waals surface area contributed by atoms with Crippen LogP contribution in [-0.4, -0.2) is 32.3 Å². The van der Waals surface area contributed by atoms with Crippen molar-refractivity contribution in [2.75, 3.05) is 19.9 Å². The maximum Gasteiger partial charge on any atom is 0.150 e. The number of carbonyl (C=O) groups excluding carboxylic acids is 1. The minimum Gasteiger partial charge on any atom is -0.494 e. The predicted octanol–water partition coefficient (Wildman–Crippen LogP) is 3.68. The summed E-state index contributed by atoms with van der Waals surface area (Å²) in [6, 6.07) is 0. The van der Waals surface area contributed by atoms with E-state index in [9.17, 15) is 9.18 Å². The van der Waals surface area contributed by atoms with Gasteiger partial charge in [-0.25, -0.2) is 4.39 Å². The standard InChI is InChI=1S/C14H20BrFO3/c1-2-3-7-18-12(8-16)10-19-13-6-4-5-11(9-17)14(13)15/h5,9,12H,2-4,6-8,10H2,1H3/t12-/m1/s1. The Labute approximate surface area is 122 Å². The normalized spacial score (nSPS) is 17.1. The zero-order chi connectivity index (χ0) is 14.1. The van der Waals surface area contributed by atoms with Crippen LogP contribution in [0.4, 0.5) is 4.39 Å². The largest absolute Gasteiger partial charge is 0.494 e. The molecule has 0 spiro atoms. The van der Waals surface area contributed by atoms with Crippen LogP contribution in [0.2, 0.25) is 0 Å². The van der Waals surface area contributed by atoms with Gasteiger partial charge in [-0.2, -0.15) is 0 Å². The van der Waals surface area contributed by atoms with E-state index in [1.54, 1.807) is 0 Å². The molecule has 0 aliphatic heterocycles. The average molecular weight is 335 g/mol. The lowest BCUT2D eigenvalue weighted by Gasteiger charge is -2.20. The fraction of sp³-hybridized carbons (Fsp3) is 0.643. The van der Waals surface area contributed by atoms with E-state index in [0.717, 1.165) is 25.5 Å². The van der Waals surface area contributed by atoms with Crippen LogP contribution < -0.4 is 0 Å². The van der Waals surface area contributed by atoms with E-state index in [4.69, 9.17) is 9.47 Å². The highest BCUT2D eigenvalue weighted by Crippen LogP contribution is 2.29. The molecule has 108 valence electrons. The van der Waals surface area contributed by atoms with Gasteiger partial charge >= 0.3 is 0 Å². The first-order valence-corrected chi connectivity index (χ1v) is 7.36. The Morgan fingerprint density at radius 3 is 3.00 bits per heavy atom. The van der Waals surface area contributed by atoms with E-state index in [-0.39, 0.29) is 6.61 Å². The van der Waals surface area contributed by atoms with Gasteiger partial charge in [0.2, 0.25) is 0 Å². The van der Waals surface area contributed by atoms with Gasteiger partial charge in [-0.15, -0.1) is 0 Å². The van der Waals surface area contributed by atoms with Gasteiger partial charge in [0.25, 0.3) is 0 Å². The smallest absolute Gasteiger partial charge is 0.150 e. The number of carbonyl (C=O) groups is 1. The minimum atomic E-state index is -0.564. The van der Waals surface area contributed by atoms with Crippen LogP contribution in [0.3, 0.4) is 0 Å². The lowest BCUT2D eigenvalue weighted by Crippen LogP contribution is -2.23. The molecule has 1 aliphatic carbocycles. The maximum absolute atomic E-state index is 12.8. The molecule has 0 saturated carbocycles.